The minimum atomic E-state index is 0. The van der Waals surface area contributed by atoms with Crippen LogP contribution in [0.15, 0.2) is 24.3 Å². The summed E-state index contributed by atoms with van der Waals surface area (Å²) in [5.41, 5.74) is 1.51. The van der Waals surface area contributed by atoms with Crippen molar-refractivity contribution in [2.45, 2.75) is 26.2 Å². The van der Waals surface area contributed by atoms with Gasteiger partial charge in [0.05, 0.1) is 0 Å². The summed E-state index contributed by atoms with van der Waals surface area (Å²) in [5, 5.41) is 11.8. The van der Waals surface area contributed by atoms with Gasteiger partial charge in [-0.05, 0) is 5.41 Å². The number of rotatable bonds is 0. The second-order valence-electron chi connectivity index (χ2n) is 4.04. The van der Waals surface area contributed by atoms with Crippen molar-refractivity contribution in [3.63, 3.8) is 0 Å². The fraction of sp³-hybridized carbons (Fsp3) is 0.364. The van der Waals surface area contributed by atoms with Crippen LogP contribution in [0.2, 0.25) is 0 Å². The number of aromatic nitrogens is 4. The van der Waals surface area contributed by atoms with Gasteiger partial charge in [-0.1, -0.05) is 26.0 Å². The van der Waals surface area contributed by atoms with Gasteiger partial charge >= 0.3 is 23.1 Å². The average molecular weight is 227 g/mol. The number of hydrogen-bond acceptors (Lipinski definition) is 3. The van der Waals surface area contributed by atoms with Crippen LogP contribution in [0.1, 0.15) is 26.3 Å². The molecule has 1 aromatic heterocycles. The van der Waals surface area contributed by atoms with E-state index in [2.05, 4.69) is 65.9 Å². The largest absolute Gasteiger partial charge is 2.00 e. The molecular formula is C11H14MgN4. The van der Waals surface area contributed by atoms with Crippen LogP contribution in [0.3, 0.4) is 0 Å². The van der Waals surface area contributed by atoms with Crippen LogP contribution in [-0.2, 0) is 5.41 Å². The van der Waals surface area contributed by atoms with Crippen molar-refractivity contribution in [2.75, 3.05) is 0 Å². The first-order chi connectivity index (χ1) is 7.11. The van der Waals surface area contributed by atoms with Crippen LogP contribution in [-0.4, -0.2) is 43.7 Å². The number of nitrogens with one attached hydrogen (secondary N) is 1. The molecule has 0 atom stereocenters. The molecule has 0 unspecified atom stereocenters. The van der Waals surface area contributed by atoms with Gasteiger partial charge in [0.15, 0.2) is 0 Å². The molecule has 0 saturated heterocycles. The minimum Gasteiger partial charge on any atom is -0.357 e. The van der Waals surface area contributed by atoms with E-state index < -0.39 is 0 Å². The standard InChI is InChI=1S/C10H13.CHN4.Mg/c1-10(2,3)9-7-5-4-6-8-9;1-2-4-5-3-1;/h4-7H,1-3H3;(H,2,3,4,5);/q2*-1;+2. The van der Waals surface area contributed by atoms with Gasteiger partial charge in [0.25, 0.3) is 0 Å². The van der Waals surface area contributed by atoms with Crippen LogP contribution < -0.4 is 0 Å². The van der Waals surface area contributed by atoms with Crippen molar-refractivity contribution in [3.8, 4) is 0 Å². The molecule has 16 heavy (non-hydrogen) atoms. The zero-order valence-electron chi connectivity index (χ0n) is 9.86. The van der Waals surface area contributed by atoms with E-state index in [4.69, 9.17) is 0 Å². The average Bonchev–Trinajstić information content (AvgIpc) is 2.76. The summed E-state index contributed by atoms with van der Waals surface area (Å²) in [6.45, 7) is 6.58. The van der Waals surface area contributed by atoms with E-state index in [1.54, 1.807) is 0 Å². The second-order valence-corrected chi connectivity index (χ2v) is 4.04. The topological polar surface area (TPSA) is 54.5 Å². The Labute approximate surface area is 112 Å². The van der Waals surface area contributed by atoms with Gasteiger partial charge in [-0.3, -0.25) is 0 Å². The van der Waals surface area contributed by atoms with Gasteiger partial charge in [0.2, 0.25) is 0 Å². The van der Waals surface area contributed by atoms with E-state index in [1.165, 1.54) is 5.56 Å². The van der Waals surface area contributed by atoms with E-state index in [9.17, 15) is 0 Å². The Balaban J connectivity index is 0.000000318. The molecule has 0 saturated carbocycles. The van der Waals surface area contributed by atoms with Gasteiger partial charge in [-0.2, -0.15) is 35.9 Å². The first-order valence-corrected chi connectivity index (χ1v) is 4.67. The summed E-state index contributed by atoms with van der Waals surface area (Å²) in [4.78, 5) is 0. The zero-order valence-corrected chi connectivity index (χ0v) is 11.3. The van der Waals surface area contributed by atoms with Crippen LogP contribution >= 0.6 is 0 Å². The fourth-order valence-electron chi connectivity index (χ4n) is 0.972. The Morgan fingerprint density at radius 3 is 2.25 bits per heavy atom. The molecule has 1 N–H and O–H groups in total. The first kappa shape index (κ1) is 15.1. The van der Waals surface area contributed by atoms with E-state index in [0.29, 0.717) is 0 Å². The van der Waals surface area contributed by atoms with Crippen LogP contribution in [0.25, 0.3) is 0 Å². The van der Waals surface area contributed by atoms with Crippen molar-refractivity contribution in [1.82, 2.24) is 20.6 Å². The molecule has 4 nitrogen and oxygen atoms in total. The summed E-state index contributed by atoms with van der Waals surface area (Å²) in [5.74, 6) is 0. The normalized spacial score (nSPS) is 9.69. The third kappa shape index (κ3) is 5.82. The van der Waals surface area contributed by atoms with Crippen molar-refractivity contribution in [2.24, 2.45) is 0 Å². The quantitative estimate of drug-likeness (QED) is 0.546. The molecule has 0 aliphatic heterocycles. The van der Waals surface area contributed by atoms with Crippen molar-refractivity contribution in [3.05, 3.63) is 42.2 Å². The maximum atomic E-state index is 3.25. The molecule has 0 radical (unpaired) electrons. The van der Waals surface area contributed by atoms with Gasteiger partial charge in [-0.15, -0.1) is 0 Å². The Hall–Kier alpha value is -0.944. The number of tetrazole rings is 1. The molecule has 80 valence electrons. The summed E-state index contributed by atoms with van der Waals surface area (Å²) in [6.07, 6.45) is 2.19. The van der Waals surface area contributed by atoms with Gasteiger partial charge < -0.3 is 10.2 Å². The molecule has 0 spiro atoms. The first-order valence-electron chi connectivity index (χ1n) is 4.67. The van der Waals surface area contributed by atoms with Crippen LogP contribution in [0.4, 0.5) is 0 Å². The minimum absolute atomic E-state index is 0. The predicted octanol–water partition coefficient (Wildman–Crippen LogP) is 1.40. The third-order valence-electron chi connectivity index (χ3n) is 1.76. The van der Waals surface area contributed by atoms with Crippen molar-refractivity contribution < 1.29 is 0 Å². The molecule has 0 fully saturated rings. The number of nitrogens with zero attached hydrogens (tertiary/aromatic N) is 3. The molecule has 1 aromatic carbocycles. The Kier molecular flexibility index (Phi) is 6.92. The Morgan fingerprint density at radius 2 is 2.00 bits per heavy atom. The fourth-order valence-corrected chi connectivity index (χ4v) is 0.972. The van der Waals surface area contributed by atoms with Gasteiger partial charge in [0.1, 0.15) is 0 Å². The van der Waals surface area contributed by atoms with Crippen molar-refractivity contribution >= 4 is 23.1 Å². The summed E-state index contributed by atoms with van der Waals surface area (Å²) >= 11 is 0. The van der Waals surface area contributed by atoms with E-state index >= 15 is 0 Å². The smallest absolute Gasteiger partial charge is 0.357 e. The SMILES string of the molecule is CC(C)(C)c1[c-]cccc1.[Mg+2].[c-]1nn[nH]n1. The summed E-state index contributed by atoms with van der Waals surface area (Å²) in [6, 6.07) is 11.3. The monoisotopic (exact) mass is 226 g/mol. The summed E-state index contributed by atoms with van der Waals surface area (Å²) in [7, 11) is 0. The maximum absolute atomic E-state index is 3.25. The van der Waals surface area contributed by atoms with Crippen LogP contribution in [0, 0.1) is 12.4 Å². The van der Waals surface area contributed by atoms with Gasteiger partial charge in [0, 0.05) is 0 Å². The second kappa shape index (κ2) is 7.35. The summed E-state index contributed by atoms with van der Waals surface area (Å²) < 4.78 is 0. The molecule has 0 aliphatic carbocycles. The van der Waals surface area contributed by atoms with Gasteiger partial charge in [-0.25, -0.2) is 11.5 Å². The third-order valence-corrected chi connectivity index (χ3v) is 1.76. The number of benzene rings is 1. The van der Waals surface area contributed by atoms with Crippen LogP contribution in [0.5, 0.6) is 0 Å². The Bertz CT molecular complexity index is 336. The number of aromatic amines is 1. The molecule has 5 heteroatoms. The molecule has 0 bridgehead atoms. The molecule has 0 aliphatic rings. The maximum Gasteiger partial charge on any atom is 2.00 e. The number of H-pyrrole nitrogens is 1. The zero-order chi connectivity index (χ0) is 11.1. The predicted molar refractivity (Wildman–Crippen MR) is 62.7 cm³/mol. The molecule has 0 amide bonds. The van der Waals surface area contributed by atoms with E-state index in [-0.39, 0.29) is 28.5 Å². The molecule has 1 heterocycles. The van der Waals surface area contributed by atoms with E-state index in [0.717, 1.165) is 0 Å². The molecule has 2 rings (SSSR count). The Morgan fingerprint density at radius 1 is 1.25 bits per heavy atom. The molecular weight excluding hydrogens is 212 g/mol. The van der Waals surface area contributed by atoms with Crippen molar-refractivity contribution in [1.29, 1.82) is 0 Å². The molecule has 2 aromatic rings. The number of hydrogen-bond donors (Lipinski definition) is 1. The van der Waals surface area contributed by atoms with E-state index in [1.807, 2.05) is 12.1 Å².